The second-order valence-electron chi connectivity index (χ2n) is 7.09. The average Bonchev–Trinajstić information content (AvgIpc) is 3.22. The van der Waals surface area contributed by atoms with Crippen molar-refractivity contribution in [2.45, 2.75) is 13.0 Å². The molecule has 0 spiro atoms. The zero-order valence-electron chi connectivity index (χ0n) is 16.9. The summed E-state index contributed by atoms with van der Waals surface area (Å²) in [7, 11) is 1.81. The number of nitrogens with one attached hydrogen (secondary N) is 2. The van der Waals surface area contributed by atoms with E-state index in [1.54, 1.807) is 36.5 Å². The Bertz CT molecular complexity index is 1130. The normalized spacial score (nSPS) is 12.2. The molecule has 0 aliphatic rings. The number of rotatable bonds is 6. The summed E-state index contributed by atoms with van der Waals surface area (Å²) in [6, 6.07) is 19.5. The smallest absolute Gasteiger partial charge is 0.246 e. The number of likely N-dealkylation sites (N-methyl/N-ethyl adjacent to an activating group) is 1. The number of nitrogens with zero attached hydrogens (tertiary/aromatic N) is 3. The van der Waals surface area contributed by atoms with Crippen molar-refractivity contribution < 1.29 is 4.79 Å². The minimum atomic E-state index is -0.0724. The number of para-hydroxylation sites is 1. The van der Waals surface area contributed by atoms with Crippen molar-refractivity contribution in [3.63, 3.8) is 0 Å². The first kappa shape index (κ1) is 19.4. The molecular formula is C24H23N5O. The Kier molecular flexibility index (Phi) is 5.57. The fraction of sp³-hybridized carbons (Fsp3) is 0.125. The van der Waals surface area contributed by atoms with E-state index in [1.165, 1.54) is 0 Å². The van der Waals surface area contributed by atoms with Crippen LogP contribution in [0.5, 0.6) is 0 Å². The largest absolute Gasteiger partial charge is 0.357 e. The molecule has 3 heterocycles. The first-order valence-corrected chi connectivity index (χ1v) is 9.77. The molecule has 4 rings (SSSR count). The fourth-order valence-corrected chi connectivity index (χ4v) is 3.15. The summed E-state index contributed by atoms with van der Waals surface area (Å²) in [6.07, 6.45) is 6.78. The van der Waals surface area contributed by atoms with Crippen LogP contribution in [0.15, 0.2) is 79.1 Å². The van der Waals surface area contributed by atoms with E-state index < -0.39 is 0 Å². The van der Waals surface area contributed by atoms with Gasteiger partial charge in [-0.2, -0.15) is 0 Å². The Balaban J connectivity index is 1.39. The summed E-state index contributed by atoms with van der Waals surface area (Å²) >= 11 is 0. The number of fused-ring (bicyclic) bond motifs is 1. The SMILES string of the molecule is CC(c1cc2ccccc2[nH]1)N(C)C(=O)C=Cc1ccc(Nc2ccccn2)nc1. The summed E-state index contributed by atoms with van der Waals surface area (Å²) < 4.78 is 0. The van der Waals surface area contributed by atoms with Gasteiger partial charge in [0.15, 0.2) is 0 Å². The predicted octanol–water partition coefficient (Wildman–Crippen LogP) is 4.93. The number of pyridine rings is 2. The number of carbonyl (C=O) groups is 1. The number of benzene rings is 1. The van der Waals surface area contributed by atoms with Gasteiger partial charge >= 0.3 is 0 Å². The standard InChI is InChI=1S/C24H23N5O/c1-17(21-15-19-7-3-4-8-20(19)27-21)29(2)24(30)13-11-18-10-12-23(26-16-18)28-22-9-5-6-14-25-22/h3-17,27H,1-2H3,(H,25,26,28). The number of carbonyl (C=O) groups excluding carboxylic acids is 1. The first-order chi connectivity index (χ1) is 14.6. The van der Waals surface area contributed by atoms with Gasteiger partial charge in [-0.05, 0) is 60.3 Å². The number of H-pyrrole nitrogens is 1. The van der Waals surface area contributed by atoms with Crippen molar-refractivity contribution >= 4 is 34.5 Å². The minimum Gasteiger partial charge on any atom is -0.357 e. The van der Waals surface area contributed by atoms with Crippen LogP contribution in [0.1, 0.15) is 24.2 Å². The maximum atomic E-state index is 12.6. The van der Waals surface area contributed by atoms with E-state index >= 15 is 0 Å². The highest BCUT2D eigenvalue weighted by molar-refractivity contribution is 5.92. The summed E-state index contributed by atoms with van der Waals surface area (Å²) in [4.78, 5) is 26.3. The number of anilines is 2. The van der Waals surface area contributed by atoms with Crippen molar-refractivity contribution in [3.8, 4) is 0 Å². The number of aromatic amines is 1. The quantitative estimate of drug-likeness (QED) is 0.452. The third kappa shape index (κ3) is 4.38. The Morgan fingerprint density at radius 2 is 1.87 bits per heavy atom. The van der Waals surface area contributed by atoms with Crippen molar-refractivity contribution in [1.82, 2.24) is 19.9 Å². The Labute approximate surface area is 175 Å². The van der Waals surface area contributed by atoms with Crippen molar-refractivity contribution in [3.05, 3.63) is 90.4 Å². The predicted molar refractivity (Wildman–Crippen MR) is 120 cm³/mol. The van der Waals surface area contributed by atoms with E-state index in [1.807, 2.05) is 55.5 Å². The topological polar surface area (TPSA) is 73.9 Å². The van der Waals surface area contributed by atoms with Crippen LogP contribution < -0.4 is 5.32 Å². The van der Waals surface area contributed by atoms with Gasteiger partial charge in [-0.15, -0.1) is 0 Å². The van der Waals surface area contributed by atoms with E-state index in [4.69, 9.17) is 0 Å². The molecule has 2 N–H and O–H groups in total. The van der Waals surface area contributed by atoms with Crippen LogP contribution in [0.25, 0.3) is 17.0 Å². The second kappa shape index (κ2) is 8.61. The molecule has 1 amide bonds. The first-order valence-electron chi connectivity index (χ1n) is 9.77. The Morgan fingerprint density at radius 1 is 1.07 bits per heavy atom. The van der Waals surface area contributed by atoms with Crippen molar-refractivity contribution in [2.24, 2.45) is 0 Å². The van der Waals surface area contributed by atoms with Gasteiger partial charge in [0.05, 0.1) is 6.04 Å². The van der Waals surface area contributed by atoms with Gasteiger partial charge in [-0.25, -0.2) is 9.97 Å². The molecule has 0 saturated carbocycles. The third-order valence-electron chi connectivity index (χ3n) is 5.06. The minimum absolute atomic E-state index is 0.0716. The van der Waals surface area contributed by atoms with Gasteiger partial charge < -0.3 is 15.2 Å². The third-order valence-corrected chi connectivity index (χ3v) is 5.06. The highest BCUT2D eigenvalue weighted by Crippen LogP contribution is 2.23. The average molecular weight is 397 g/mol. The number of hydrogen-bond acceptors (Lipinski definition) is 4. The van der Waals surface area contributed by atoms with Crippen molar-refractivity contribution in [1.29, 1.82) is 0 Å². The lowest BCUT2D eigenvalue weighted by Gasteiger charge is -2.22. The maximum Gasteiger partial charge on any atom is 0.246 e. The monoisotopic (exact) mass is 397 g/mol. The molecule has 0 bridgehead atoms. The molecule has 0 aliphatic heterocycles. The molecule has 6 nitrogen and oxygen atoms in total. The molecule has 6 heteroatoms. The molecule has 0 saturated heterocycles. The zero-order valence-corrected chi connectivity index (χ0v) is 16.9. The van der Waals surface area contributed by atoms with Gasteiger partial charge in [0.1, 0.15) is 11.6 Å². The van der Waals surface area contributed by atoms with Crippen LogP contribution in [0.4, 0.5) is 11.6 Å². The molecule has 0 aliphatic carbocycles. The molecule has 30 heavy (non-hydrogen) atoms. The Morgan fingerprint density at radius 3 is 2.60 bits per heavy atom. The lowest BCUT2D eigenvalue weighted by atomic mass is 10.2. The lowest BCUT2D eigenvalue weighted by Crippen LogP contribution is -2.28. The lowest BCUT2D eigenvalue weighted by molar-refractivity contribution is -0.126. The van der Waals surface area contributed by atoms with Crippen LogP contribution in [-0.2, 0) is 4.79 Å². The van der Waals surface area contributed by atoms with Crippen molar-refractivity contribution in [2.75, 3.05) is 12.4 Å². The number of amides is 1. The molecule has 1 atom stereocenters. The molecular weight excluding hydrogens is 374 g/mol. The summed E-state index contributed by atoms with van der Waals surface area (Å²) in [5.74, 6) is 1.36. The molecule has 4 aromatic rings. The van der Waals surface area contributed by atoms with E-state index in [-0.39, 0.29) is 11.9 Å². The summed E-state index contributed by atoms with van der Waals surface area (Å²) in [5, 5.41) is 4.27. The molecule has 3 aromatic heterocycles. The molecule has 1 unspecified atom stereocenters. The van der Waals surface area contributed by atoms with Crippen LogP contribution in [0.2, 0.25) is 0 Å². The van der Waals surface area contributed by atoms with E-state index in [0.717, 1.165) is 28.0 Å². The fourth-order valence-electron chi connectivity index (χ4n) is 3.15. The van der Waals surface area contributed by atoms with Crippen LogP contribution >= 0.6 is 0 Å². The maximum absolute atomic E-state index is 12.6. The van der Waals surface area contributed by atoms with Gasteiger partial charge in [0, 0.05) is 36.7 Å². The number of aromatic nitrogens is 3. The second-order valence-corrected chi connectivity index (χ2v) is 7.09. The van der Waals surface area contributed by atoms with Crippen LogP contribution in [0.3, 0.4) is 0 Å². The van der Waals surface area contributed by atoms with E-state index in [9.17, 15) is 4.79 Å². The highest BCUT2D eigenvalue weighted by atomic mass is 16.2. The van der Waals surface area contributed by atoms with Crippen LogP contribution in [-0.4, -0.2) is 32.8 Å². The number of hydrogen-bond donors (Lipinski definition) is 2. The molecule has 150 valence electrons. The summed E-state index contributed by atoms with van der Waals surface area (Å²) in [6.45, 7) is 2.01. The highest BCUT2D eigenvalue weighted by Gasteiger charge is 2.17. The van der Waals surface area contributed by atoms with E-state index in [2.05, 4.69) is 32.4 Å². The van der Waals surface area contributed by atoms with Gasteiger partial charge in [-0.1, -0.05) is 24.3 Å². The molecule has 0 radical (unpaired) electrons. The molecule has 1 aromatic carbocycles. The zero-order chi connectivity index (χ0) is 20.9. The summed E-state index contributed by atoms with van der Waals surface area (Å²) in [5.41, 5.74) is 2.93. The van der Waals surface area contributed by atoms with Gasteiger partial charge in [-0.3, -0.25) is 4.79 Å². The Hall–Kier alpha value is -3.93. The van der Waals surface area contributed by atoms with Gasteiger partial charge in [0.25, 0.3) is 0 Å². The van der Waals surface area contributed by atoms with Gasteiger partial charge in [0.2, 0.25) is 5.91 Å². The molecule has 0 fully saturated rings. The van der Waals surface area contributed by atoms with Crippen LogP contribution in [0, 0.1) is 0 Å². The van der Waals surface area contributed by atoms with E-state index in [0.29, 0.717) is 5.82 Å².